The quantitative estimate of drug-likeness (QED) is 0.407. The van der Waals surface area contributed by atoms with Gasteiger partial charge in [-0.2, -0.15) is 5.10 Å². The van der Waals surface area contributed by atoms with E-state index in [4.69, 9.17) is 25.8 Å². The van der Waals surface area contributed by atoms with E-state index < -0.39 is 0 Å². The van der Waals surface area contributed by atoms with Gasteiger partial charge in [0.1, 0.15) is 12.4 Å². The number of nitrogens with zero attached hydrogens (tertiary/aromatic N) is 1. The second kappa shape index (κ2) is 10.9. The number of amides is 1. The number of nitrogens with one attached hydrogen (secondary N) is 1. The number of ether oxygens (including phenoxy) is 3. The predicted molar refractivity (Wildman–Crippen MR) is 116 cm³/mol. The molecule has 3 aromatic carbocycles. The van der Waals surface area contributed by atoms with Gasteiger partial charge in [-0.25, -0.2) is 5.43 Å². The largest absolute Gasteiger partial charge is 0.493 e. The number of carbonyl (C=O) groups excluding carboxylic acids is 1. The first-order valence-electron chi connectivity index (χ1n) is 9.19. The summed E-state index contributed by atoms with van der Waals surface area (Å²) in [5.41, 5.74) is 4.17. The molecule has 30 heavy (non-hydrogen) atoms. The highest BCUT2D eigenvalue weighted by atomic mass is 35.5. The van der Waals surface area contributed by atoms with Gasteiger partial charge in [-0.15, -0.1) is 0 Å². The maximum Gasteiger partial charge on any atom is 0.277 e. The Morgan fingerprint density at radius 1 is 1.00 bits per heavy atom. The molecule has 0 unspecified atom stereocenters. The van der Waals surface area contributed by atoms with Crippen molar-refractivity contribution in [3.8, 4) is 17.2 Å². The minimum atomic E-state index is -0.356. The second-order valence-corrected chi connectivity index (χ2v) is 6.66. The lowest BCUT2D eigenvalue weighted by atomic mass is 10.2. The van der Waals surface area contributed by atoms with Crippen LogP contribution in [0.3, 0.4) is 0 Å². The Morgan fingerprint density at radius 2 is 1.77 bits per heavy atom. The van der Waals surface area contributed by atoms with Crippen LogP contribution >= 0.6 is 11.6 Å². The molecule has 1 N–H and O–H groups in total. The van der Waals surface area contributed by atoms with E-state index in [1.165, 1.54) is 6.21 Å². The summed E-state index contributed by atoms with van der Waals surface area (Å²) >= 11 is 5.89. The van der Waals surface area contributed by atoms with Crippen LogP contribution in [0.25, 0.3) is 0 Å². The molecule has 0 saturated carbocycles. The first kappa shape index (κ1) is 21.2. The van der Waals surface area contributed by atoms with Crippen molar-refractivity contribution in [3.63, 3.8) is 0 Å². The molecule has 1 amide bonds. The van der Waals surface area contributed by atoms with Crippen LogP contribution in [0.2, 0.25) is 5.02 Å². The van der Waals surface area contributed by atoms with Gasteiger partial charge in [0.25, 0.3) is 5.91 Å². The fourth-order valence-electron chi connectivity index (χ4n) is 2.50. The molecule has 0 spiro atoms. The molecule has 0 aliphatic heterocycles. The van der Waals surface area contributed by atoms with E-state index in [1.807, 2.05) is 48.5 Å². The molecule has 0 radical (unpaired) electrons. The van der Waals surface area contributed by atoms with Crippen LogP contribution in [0, 0.1) is 0 Å². The minimum absolute atomic E-state index is 0.123. The van der Waals surface area contributed by atoms with Crippen LogP contribution in [-0.2, 0) is 11.4 Å². The fraction of sp³-hybridized carbons (Fsp3) is 0.130. The lowest BCUT2D eigenvalue weighted by Crippen LogP contribution is -2.24. The molecule has 3 aromatic rings. The van der Waals surface area contributed by atoms with Gasteiger partial charge in [0.05, 0.1) is 13.3 Å². The number of para-hydroxylation sites is 1. The topological polar surface area (TPSA) is 69.2 Å². The van der Waals surface area contributed by atoms with E-state index in [0.717, 1.165) is 11.1 Å². The van der Waals surface area contributed by atoms with Crippen molar-refractivity contribution in [2.75, 3.05) is 13.7 Å². The van der Waals surface area contributed by atoms with Gasteiger partial charge in [-0.1, -0.05) is 41.9 Å². The molecule has 3 rings (SSSR count). The standard InChI is InChI=1S/C23H21ClN2O4/c1-28-22-13-18(9-12-21(22)30-15-17-7-10-19(24)11-8-17)14-25-26-23(27)16-29-20-5-3-2-4-6-20/h2-14H,15-16H2,1H3,(H,26,27)/b25-14+. The number of methoxy groups -OCH3 is 1. The highest BCUT2D eigenvalue weighted by Gasteiger charge is 2.06. The van der Waals surface area contributed by atoms with Gasteiger partial charge in [0, 0.05) is 5.02 Å². The molecule has 0 heterocycles. The molecule has 0 aliphatic rings. The van der Waals surface area contributed by atoms with Crippen molar-refractivity contribution in [1.82, 2.24) is 5.43 Å². The first-order valence-corrected chi connectivity index (χ1v) is 9.57. The highest BCUT2D eigenvalue weighted by Crippen LogP contribution is 2.28. The molecule has 0 atom stereocenters. The summed E-state index contributed by atoms with van der Waals surface area (Å²) < 4.78 is 16.6. The van der Waals surface area contributed by atoms with Gasteiger partial charge in [0.2, 0.25) is 0 Å². The Balaban J connectivity index is 1.52. The van der Waals surface area contributed by atoms with E-state index in [9.17, 15) is 4.79 Å². The van der Waals surface area contributed by atoms with Crippen LogP contribution in [0.15, 0.2) is 77.9 Å². The highest BCUT2D eigenvalue weighted by molar-refractivity contribution is 6.30. The third-order valence-corrected chi connectivity index (χ3v) is 4.26. The van der Waals surface area contributed by atoms with Crippen molar-refractivity contribution in [3.05, 3.63) is 88.9 Å². The lowest BCUT2D eigenvalue weighted by Gasteiger charge is -2.11. The maximum atomic E-state index is 11.8. The van der Waals surface area contributed by atoms with E-state index in [1.54, 1.807) is 31.4 Å². The molecule has 0 bridgehead atoms. The van der Waals surface area contributed by atoms with Crippen molar-refractivity contribution < 1.29 is 19.0 Å². The predicted octanol–water partition coefficient (Wildman–Crippen LogP) is 4.46. The van der Waals surface area contributed by atoms with Crippen molar-refractivity contribution in [2.24, 2.45) is 5.10 Å². The van der Waals surface area contributed by atoms with Gasteiger partial charge in [0.15, 0.2) is 18.1 Å². The summed E-state index contributed by atoms with van der Waals surface area (Å²) in [7, 11) is 1.56. The van der Waals surface area contributed by atoms with Crippen molar-refractivity contribution in [2.45, 2.75) is 6.61 Å². The summed E-state index contributed by atoms with van der Waals surface area (Å²) in [5.74, 6) is 1.43. The van der Waals surface area contributed by atoms with E-state index in [0.29, 0.717) is 28.9 Å². The van der Waals surface area contributed by atoms with Crippen LogP contribution in [0.5, 0.6) is 17.2 Å². The number of halogens is 1. The molecular formula is C23H21ClN2O4. The Morgan fingerprint density at radius 3 is 2.50 bits per heavy atom. The zero-order chi connectivity index (χ0) is 21.2. The molecular weight excluding hydrogens is 404 g/mol. The van der Waals surface area contributed by atoms with Crippen molar-refractivity contribution >= 4 is 23.7 Å². The molecule has 0 aromatic heterocycles. The number of carbonyl (C=O) groups is 1. The van der Waals surface area contributed by atoms with Gasteiger partial charge in [-0.3, -0.25) is 4.79 Å². The van der Waals surface area contributed by atoms with Crippen molar-refractivity contribution in [1.29, 1.82) is 0 Å². The number of rotatable bonds is 9. The molecule has 6 nitrogen and oxygen atoms in total. The lowest BCUT2D eigenvalue weighted by molar-refractivity contribution is -0.123. The average molecular weight is 425 g/mol. The van der Waals surface area contributed by atoms with Crippen LogP contribution < -0.4 is 19.6 Å². The number of hydrogen-bond donors (Lipinski definition) is 1. The summed E-state index contributed by atoms with van der Waals surface area (Å²) in [6, 6.07) is 21.9. The Labute approximate surface area is 180 Å². The van der Waals surface area contributed by atoms with Crippen LogP contribution in [0.4, 0.5) is 0 Å². The Bertz CT molecular complexity index is 992. The normalized spacial score (nSPS) is 10.6. The smallest absolute Gasteiger partial charge is 0.277 e. The SMILES string of the molecule is COc1cc(/C=N/NC(=O)COc2ccccc2)ccc1OCc1ccc(Cl)cc1. The van der Waals surface area contributed by atoms with Crippen LogP contribution in [0.1, 0.15) is 11.1 Å². The third-order valence-electron chi connectivity index (χ3n) is 4.01. The van der Waals surface area contributed by atoms with Crippen LogP contribution in [-0.4, -0.2) is 25.8 Å². The first-order chi connectivity index (χ1) is 14.6. The number of hydrogen-bond acceptors (Lipinski definition) is 5. The Hall–Kier alpha value is -3.51. The van der Waals surface area contributed by atoms with Gasteiger partial charge in [-0.05, 0) is 53.6 Å². The monoisotopic (exact) mass is 424 g/mol. The molecule has 0 aliphatic carbocycles. The van der Waals surface area contributed by atoms with E-state index in [2.05, 4.69) is 10.5 Å². The van der Waals surface area contributed by atoms with Gasteiger partial charge >= 0.3 is 0 Å². The molecule has 7 heteroatoms. The second-order valence-electron chi connectivity index (χ2n) is 6.22. The summed E-state index contributed by atoms with van der Waals surface area (Å²) in [5, 5.41) is 4.63. The molecule has 154 valence electrons. The number of benzene rings is 3. The minimum Gasteiger partial charge on any atom is -0.493 e. The summed E-state index contributed by atoms with van der Waals surface area (Å²) in [6.07, 6.45) is 1.52. The fourth-order valence-corrected chi connectivity index (χ4v) is 2.63. The summed E-state index contributed by atoms with van der Waals surface area (Å²) in [4.78, 5) is 11.8. The van der Waals surface area contributed by atoms with Gasteiger partial charge < -0.3 is 14.2 Å². The van der Waals surface area contributed by atoms with E-state index in [-0.39, 0.29) is 12.5 Å². The van der Waals surface area contributed by atoms with E-state index >= 15 is 0 Å². The average Bonchev–Trinajstić information content (AvgIpc) is 2.78. The zero-order valence-electron chi connectivity index (χ0n) is 16.4. The molecule has 0 saturated heterocycles. The Kier molecular flexibility index (Phi) is 7.69. The summed E-state index contributed by atoms with van der Waals surface area (Å²) in [6.45, 7) is 0.264. The number of hydrazone groups is 1. The maximum absolute atomic E-state index is 11.8. The third kappa shape index (κ3) is 6.53. The molecule has 0 fully saturated rings. The zero-order valence-corrected chi connectivity index (χ0v) is 17.1.